The number of carbonyl (C=O) groups is 1. The van der Waals surface area contributed by atoms with Crippen LogP contribution in [-0.2, 0) is 9.53 Å². The first-order valence-electron chi connectivity index (χ1n) is 6.26. The van der Waals surface area contributed by atoms with Crippen molar-refractivity contribution < 1.29 is 13.9 Å². The predicted molar refractivity (Wildman–Crippen MR) is 79.8 cm³/mol. The molecule has 1 saturated heterocycles. The van der Waals surface area contributed by atoms with Gasteiger partial charge in [0.1, 0.15) is 11.5 Å². The van der Waals surface area contributed by atoms with Gasteiger partial charge in [0.25, 0.3) is 5.91 Å². The normalized spacial score (nSPS) is 17.4. The third-order valence-electron chi connectivity index (χ3n) is 2.76. The van der Waals surface area contributed by atoms with Gasteiger partial charge >= 0.3 is 0 Å². The number of nitrogens with one attached hydrogen (secondary N) is 1. The number of thiocarbonyl (C=S) groups is 1. The van der Waals surface area contributed by atoms with Gasteiger partial charge in [-0.15, -0.1) is 0 Å². The second kappa shape index (κ2) is 7.02. The molecule has 0 aliphatic carbocycles. The number of hydrogen-bond donors (Lipinski definition) is 1. The Hall–Kier alpha value is -1.92. The second-order valence-electron chi connectivity index (χ2n) is 4.19. The smallest absolute Gasteiger partial charge is 0.276 e. The van der Waals surface area contributed by atoms with Crippen LogP contribution in [0.3, 0.4) is 0 Å². The van der Waals surface area contributed by atoms with Crippen molar-refractivity contribution in [3.63, 3.8) is 0 Å². The molecule has 0 radical (unpaired) electrons. The van der Waals surface area contributed by atoms with E-state index in [1.807, 2.05) is 6.07 Å². The fraction of sp³-hybridized carbons (Fsp3) is 0.286. The lowest BCUT2D eigenvalue weighted by Crippen LogP contribution is -2.32. The van der Waals surface area contributed by atoms with Crippen LogP contribution in [0.1, 0.15) is 12.2 Å². The van der Waals surface area contributed by atoms with Crippen LogP contribution in [0.2, 0.25) is 0 Å². The van der Waals surface area contributed by atoms with Crippen molar-refractivity contribution in [3.05, 3.63) is 42.0 Å². The van der Waals surface area contributed by atoms with E-state index in [2.05, 4.69) is 5.32 Å². The van der Waals surface area contributed by atoms with Crippen molar-refractivity contribution in [3.8, 4) is 0 Å². The molecular formula is C14H16N2O3S. The van der Waals surface area contributed by atoms with E-state index in [9.17, 15) is 4.79 Å². The number of allylic oxidation sites excluding steroid dienone is 2. The molecule has 0 atom stereocenters. The molecule has 1 aromatic heterocycles. The third kappa shape index (κ3) is 3.55. The Balaban J connectivity index is 1.96. The van der Waals surface area contributed by atoms with Crippen LogP contribution in [0.4, 0.5) is 0 Å². The Morgan fingerprint density at radius 2 is 2.40 bits per heavy atom. The fourth-order valence-corrected chi connectivity index (χ4v) is 2.07. The van der Waals surface area contributed by atoms with E-state index >= 15 is 0 Å². The number of hydrogen-bond acceptors (Lipinski definition) is 4. The summed E-state index contributed by atoms with van der Waals surface area (Å²) in [5.41, 5.74) is 0.468. The molecule has 1 N–H and O–H groups in total. The van der Waals surface area contributed by atoms with Crippen molar-refractivity contribution in [2.75, 3.05) is 20.3 Å². The monoisotopic (exact) mass is 292 g/mol. The summed E-state index contributed by atoms with van der Waals surface area (Å²) in [4.78, 5) is 13.7. The Kier molecular flexibility index (Phi) is 5.09. The van der Waals surface area contributed by atoms with Crippen LogP contribution in [0.15, 0.2) is 40.7 Å². The standard InChI is InChI=1S/C14H16N2O3S/c1-18-9-4-8-16-13(17)12(15-14(16)20)7-2-5-11-6-3-10-19-11/h2-3,5-7,10H,4,8-9H2,1H3,(H,15,20)/b5-2+,12-7+. The highest BCUT2D eigenvalue weighted by atomic mass is 32.1. The Labute approximate surface area is 122 Å². The highest BCUT2D eigenvalue weighted by Gasteiger charge is 2.29. The molecule has 0 bridgehead atoms. The van der Waals surface area contributed by atoms with Gasteiger partial charge < -0.3 is 14.5 Å². The number of methoxy groups -OCH3 is 1. The van der Waals surface area contributed by atoms with Crippen LogP contribution < -0.4 is 5.32 Å². The third-order valence-corrected chi connectivity index (χ3v) is 3.08. The molecule has 1 aliphatic rings. The van der Waals surface area contributed by atoms with Crippen molar-refractivity contribution in [2.45, 2.75) is 6.42 Å². The maximum absolute atomic E-state index is 12.1. The largest absolute Gasteiger partial charge is 0.465 e. The Morgan fingerprint density at radius 3 is 3.10 bits per heavy atom. The van der Waals surface area contributed by atoms with Crippen LogP contribution in [0.5, 0.6) is 0 Å². The van der Waals surface area contributed by atoms with Crippen LogP contribution in [0, 0.1) is 0 Å². The van der Waals surface area contributed by atoms with E-state index in [1.54, 1.807) is 42.6 Å². The Morgan fingerprint density at radius 1 is 1.55 bits per heavy atom. The van der Waals surface area contributed by atoms with E-state index in [4.69, 9.17) is 21.4 Å². The number of furan rings is 1. The lowest BCUT2D eigenvalue weighted by Gasteiger charge is -2.12. The summed E-state index contributed by atoms with van der Waals surface area (Å²) in [5.74, 6) is 0.613. The summed E-state index contributed by atoms with van der Waals surface area (Å²) in [7, 11) is 1.63. The maximum Gasteiger partial charge on any atom is 0.276 e. The quantitative estimate of drug-likeness (QED) is 0.493. The molecule has 6 heteroatoms. The molecule has 0 saturated carbocycles. The number of rotatable bonds is 6. The molecule has 1 fully saturated rings. The van der Waals surface area contributed by atoms with Crippen molar-refractivity contribution in [1.82, 2.24) is 10.2 Å². The number of carbonyl (C=O) groups excluding carboxylic acids is 1. The van der Waals surface area contributed by atoms with Gasteiger partial charge in [-0.25, -0.2) is 0 Å². The van der Waals surface area contributed by atoms with E-state index in [1.165, 1.54) is 0 Å². The van der Waals surface area contributed by atoms with Crippen LogP contribution in [-0.4, -0.2) is 36.2 Å². The summed E-state index contributed by atoms with van der Waals surface area (Å²) in [6.45, 7) is 1.15. The van der Waals surface area contributed by atoms with Gasteiger partial charge in [0.05, 0.1) is 6.26 Å². The molecule has 0 unspecified atom stereocenters. The molecular weight excluding hydrogens is 276 g/mol. The summed E-state index contributed by atoms with van der Waals surface area (Å²) in [5, 5.41) is 3.34. The van der Waals surface area contributed by atoms with E-state index in [0.717, 1.165) is 12.2 Å². The number of ether oxygens (including phenoxy) is 1. The zero-order chi connectivity index (χ0) is 14.4. The fourth-order valence-electron chi connectivity index (χ4n) is 1.78. The van der Waals surface area contributed by atoms with Gasteiger partial charge in [-0.3, -0.25) is 9.69 Å². The van der Waals surface area contributed by atoms with Crippen LogP contribution in [0.25, 0.3) is 6.08 Å². The average molecular weight is 292 g/mol. The first-order chi connectivity index (χ1) is 9.72. The van der Waals surface area contributed by atoms with Gasteiger partial charge in [0, 0.05) is 20.3 Å². The van der Waals surface area contributed by atoms with Crippen molar-refractivity contribution >= 4 is 29.3 Å². The van der Waals surface area contributed by atoms with Crippen molar-refractivity contribution in [2.24, 2.45) is 0 Å². The van der Waals surface area contributed by atoms with Crippen LogP contribution >= 0.6 is 12.2 Å². The molecule has 2 rings (SSSR count). The molecule has 20 heavy (non-hydrogen) atoms. The molecule has 1 aromatic rings. The molecule has 0 aromatic carbocycles. The molecule has 106 valence electrons. The first-order valence-corrected chi connectivity index (χ1v) is 6.67. The molecule has 0 spiro atoms. The van der Waals surface area contributed by atoms with Gasteiger partial charge in [-0.1, -0.05) is 6.08 Å². The minimum Gasteiger partial charge on any atom is -0.465 e. The lowest BCUT2D eigenvalue weighted by molar-refractivity contribution is -0.122. The van der Waals surface area contributed by atoms with E-state index in [0.29, 0.717) is 24.0 Å². The SMILES string of the molecule is COCCCN1C(=O)/C(=C\C=C\c2ccco2)NC1=S. The van der Waals surface area contributed by atoms with Gasteiger partial charge in [-0.2, -0.15) is 0 Å². The highest BCUT2D eigenvalue weighted by Crippen LogP contribution is 2.11. The topological polar surface area (TPSA) is 54.7 Å². The molecule has 2 heterocycles. The number of nitrogens with zero attached hydrogens (tertiary/aromatic N) is 1. The summed E-state index contributed by atoms with van der Waals surface area (Å²) >= 11 is 5.14. The minimum absolute atomic E-state index is 0.116. The summed E-state index contributed by atoms with van der Waals surface area (Å²) in [6, 6.07) is 3.64. The summed E-state index contributed by atoms with van der Waals surface area (Å²) in [6.07, 6.45) is 7.56. The molecule has 1 amide bonds. The van der Waals surface area contributed by atoms with Crippen molar-refractivity contribution in [1.29, 1.82) is 0 Å². The van der Waals surface area contributed by atoms with E-state index in [-0.39, 0.29) is 5.91 Å². The van der Waals surface area contributed by atoms with Gasteiger partial charge in [0.15, 0.2) is 5.11 Å². The maximum atomic E-state index is 12.1. The summed E-state index contributed by atoms with van der Waals surface area (Å²) < 4.78 is 10.1. The van der Waals surface area contributed by atoms with E-state index < -0.39 is 0 Å². The highest BCUT2D eigenvalue weighted by molar-refractivity contribution is 7.80. The number of amides is 1. The second-order valence-corrected chi connectivity index (χ2v) is 4.57. The Bertz CT molecular complexity index is 535. The molecule has 5 nitrogen and oxygen atoms in total. The molecule has 1 aliphatic heterocycles. The zero-order valence-corrected chi connectivity index (χ0v) is 12.0. The predicted octanol–water partition coefficient (Wildman–Crippen LogP) is 1.93. The lowest BCUT2D eigenvalue weighted by atomic mass is 10.3. The van der Waals surface area contributed by atoms with Gasteiger partial charge in [-0.05, 0) is 42.9 Å². The van der Waals surface area contributed by atoms with Gasteiger partial charge in [0.2, 0.25) is 0 Å². The first kappa shape index (κ1) is 14.5. The zero-order valence-electron chi connectivity index (χ0n) is 11.2. The average Bonchev–Trinajstić information content (AvgIpc) is 3.03. The minimum atomic E-state index is -0.116.